The summed E-state index contributed by atoms with van der Waals surface area (Å²) in [6, 6.07) is 12.4. The molecule has 7 heteroatoms. The number of aliphatic carboxylic acids is 1. The maximum absolute atomic E-state index is 12.2. The van der Waals surface area contributed by atoms with Crippen LogP contribution < -0.4 is 19.5 Å². The molecular weight excluding hydrogens is 350 g/mol. The van der Waals surface area contributed by atoms with Crippen LogP contribution in [0, 0.1) is 0 Å². The van der Waals surface area contributed by atoms with Crippen molar-refractivity contribution in [1.82, 2.24) is 5.32 Å². The van der Waals surface area contributed by atoms with Crippen LogP contribution in [0.2, 0.25) is 0 Å². The van der Waals surface area contributed by atoms with Gasteiger partial charge in [-0.3, -0.25) is 4.79 Å². The number of carboxylic acids is 1. The van der Waals surface area contributed by atoms with Gasteiger partial charge < -0.3 is 24.6 Å². The molecule has 0 saturated carbocycles. The van der Waals surface area contributed by atoms with E-state index < -0.39 is 5.97 Å². The summed E-state index contributed by atoms with van der Waals surface area (Å²) < 4.78 is 15.5. The van der Waals surface area contributed by atoms with Gasteiger partial charge in [-0.05, 0) is 42.3 Å². The number of nitrogens with one attached hydrogen (secondary N) is 1. The lowest BCUT2D eigenvalue weighted by Gasteiger charge is -2.11. The van der Waals surface area contributed by atoms with Gasteiger partial charge in [0.2, 0.25) is 5.91 Å². The van der Waals surface area contributed by atoms with Crippen molar-refractivity contribution in [2.45, 2.75) is 12.8 Å². The number of amides is 1. The lowest BCUT2D eigenvalue weighted by molar-refractivity contribution is -0.139. The van der Waals surface area contributed by atoms with Crippen LogP contribution >= 0.6 is 0 Å². The lowest BCUT2D eigenvalue weighted by Crippen LogP contribution is -2.27. The van der Waals surface area contributed by atoms with Crippen LogP contribution in [0.4, 0.5) is 0 Å². The molecule has 0 fully saturated rings. The van der Waals surface area contributed by atoms with Crippen molar-refractivity contribution < 1.29 is 28.9 Å². The Morgan fingerprint density at radius 3 is 2.33 bits per heavy atom. The second kappa shape index (κ2) is 10.1. The number of hydrogen-bond acceptors (Lipinski definition) is 5. The fourth-order valence-corrected chi connectivity index (χ4v) is 2.50. The van der Waals surface area contributed by atoms with Gasteiger partial charge in [-0.15, -0.1) is 0 Å². The highest BCUT2D eigenvalue weighted by Gasteiger charge is 2.10. The number of benzene rings is 2. The molecule has 0 bridgehead atoms. The second-order valence-electron chi connectivity index (χ2n) is 5.78. The maximum atomic E-state index is 12.2. The van der Waals surface area contributed by atoms with Gasteiger partial charge in [0.25, 0.3) is 0 Å². The van der Waals surface area contributed by atoms with Crippen molar-refractivity contribution in [1.29, 1.82) is 0 Å². The molecule has 27 heavy (non-hydrogen) atoms. The lowest BCUT2D eigenvalue weighted by atomic mass is 10.1. The van der Waals surface area contributed by atoms with Crippen LogP contribution in [-0.4, -0.2) is 44.4 Å². The summed E-state index contributed by atoms with van der Waals surface area (Å²) in [6.07, 6.45) is 0.850. The number of hydrogen-bond donors (Lipinski definition) is 2. The van der Waals surface area contributed by atoms with E-state index in [4.69, 9.17) is 19.3 Å². The molecule has 0 unspecified atom stereocenters. The third kappa shape index (κ3) is 6.54. The molecule has 0 saturated heterocycles. The third-order valence-corrected chi connectivity index (χ3v) is 3.86. The van der Waals surface area contributed by atoms with E-state index in [1.54, 1.807) is 44.6 Å². The van der Waals surface area contributed by atoms with E-state index in [-0.39, 0.29) is 18.9 Å². The highest BCUT2D eigenvalue weighted by atomic mass is 16.5. The molecule has 0 aromatic heterocycles. The van der Waals surface area contributed by atoms with Crippen molar-refractivity contribution in [3.8, 4) is 17.2 Å². The predicted molar refractivity (Wildman–Crippen MR) is 99.5 cm³/mol. The van der Waals surface area contributed by atoms with E-state index in [9.17, 15) is 9.59 Å². The molecule has 0 atom stereocenters. The highest BCUT2D eigenvalue weighted by Crippen LogP contribution is 2.24. The topological polar surface area (TPSA) is 94.1 Å². The summed E-state index contributed by atoms with van der Waals surface area (Å²) in [4.78, 5) is 22.7. The van der Waals surface area contributed by atoms with Gasteiger partial charge in [-0.2, -0.15) is 0 Å². The molecule has 0 aliphatic rings. The van der Waals surface area contributed by atoms with Gasteiger partial charge in [0.05, 0.1) is 20.6 Å². The van der Waals surface area contributed by atoms with Gasteiger partial charge in [0.15, 0.2) is 6.61 Å². The smallest absolute Gasteiger partial charge is 0.341 e. The Morgan fingerprint density at radius 2 is 1.70 bits per heavy atom. The van der Waals surface area contributed by atoms with Gasteiger partial charge in [-0.1, -0.05) is 12.1 Å². The van der Waals surface area contributed by atoms with Crippen LogP contribution in [0.3, 0.4) is 0 Å². The number of carbonyl (C=O) groups excluding carboxylic acids is 1. The standard InChI is InChI=1S/C20H23NO6/c1-25-17-7-8-18(26-2)15(11-17)12-19(22)21-10-9-14-3-5-16(6-4-14)27-13-20(23)24/h3-8,11H,9-10,12-13H2,1-2H3,(H,21,22)(H,23,24). The largest absolute Gasteiger partial charge is 0.497 e. The summed E-state index contributed by atoms with van der Waals surface area (Å²) in [6.45, 7) is 0.115. The molecule has 0 radical (unpaired) electrons. The third-order valence-electron chi connectivity index (χ3n) is 3.86. The zero-order chi connectivity index (χ0) is 19.6. The first-order valence-corrected chi connectivity index (χ1v) is 8.43. The minimum atomic E-state index is -1.02. The average Bonchev–Trinajstić information content (AvgIpc) is 2.67. The van der Waals surface area contributed by atoms with Crippen molar-refractivity contribution in [2.24, 2.45) is 0 Å². The molecule has 2 aromatic rings. The fourth-order valence-electron chi connectivity index (χ4n) is 2.50. The van der Waals surface area contributed by atoms with E-state index >= 15 is 0 Å². The van der Waals surface area contributed by atoms with Gasteiger partial charge in [0.1, 0.15) is 17.2 Å². The zero-order valence-electron chi connectivity index (χ0n) is 15.4. The minimum Gasteiger partial charge on any atom is -0.497 e. The van der Waals surface area contributed by atoms with Gasteiger partial charge >= 0.3 is 5.97 Å². The molecule has 1 amide bonds. The van der Waals surface area contributed by atoms with E-state index in [0.717, 1.165) is 11.1 Å². The number of rotatable bonds is 10. The highest BCUT2D eigenvalue weighted by molar-refractivity contribution is 5.79. The van der Waals surface area contributed by atoms with Crippen LogP contribution in [0.1, 0.15) is 11.1 Å². The van der Waals surface area contributed by atoms with Gasteiger partial charge in [-0.25, -0.2) is 4.79 Å². The molecule has 2 aromatic carbocycles. The first-order valence-electron chi connectivity index (χ1n) is 8.43. The Hall–Kier alpha value is -3.22. The summed E-state index contributed by atoms with van der Waals surface area (Å²) in [5.74, 6) is 0.680. The first-order chi connectivity index (χ1) is 13.0. The molecule has 7 nitrogen and oxygen atoms in total. The van der Waals surface area contributed by atoms with E-state index in [1.165, 1.54) is 0 Å². The van der Waals surface area contributed by atoms with Crippen molar-refractivity contribution in [3.63, 3.8) is 0 Å². The molecule has 2 rings (SSSR count). The molecule has 0 aliphatic carbocycles. The van der Waals surface area contributed by atoms with Crippen molar-refractivity contribution >= 4 is 11.9 Å². The molecule has 2 N–H and O–H groups in total. The molecule has 0 aliphatic heterocycles. The van der Waals surface area contributed by atoms with E-state index in [0.29, 0.717) is 30.2 Å². The fraction of sp³-hybridized carbons (Fsp3) is 0.300. The van der Waals surface area contributed by atoms with Crippen LogP contribution in [-0.2, 0) is 22.4 Å². The average molecular weight is 373 g/mol. The molecular formula is C20H23NO6. The monoisotopic (exact) mass is 373 g/mol. The van der Waals surface area contributed by atoms with E-state index in [1.807, 2.05) is 12.1 Å². The number of ether oxygens (including phenoxy) is 3. The normalized spacial score (nSPS) is 10.1. The predicted octanol–water partition coefficient (Wildman–Crippen LogP) is 2.07. The summed E-state index contributed by atoms with van der Waals surface area (Å²) in [5, 5.41) is 11.5. The Morgan fingerprint density at radius 1 is 1.00 bits per heavy atom. The van der Waals surface area contributed by atoms with Gasteiger partial charge in [0, 0.05) is 12.1 Å². The second-order valence-corrected chi connectivity index (χ2v) is 5.78. The Bertz CT molecular complexity index is 773. The quantitative estimate of drug-likeness (QED) is 0.662. The van der Waals surface area contributed by atoms with Crippen LogP contribution in [0.15, 0.2) is 42.5 Å². The Kier molecular flexibility index (Phi) is 7.49. The summed E-state index contributed by atoms with van der Waals surface area (Å²) >= 11 is 0. The van der Waals surface area contributed by atoms with E-state index in [2.05, 4.69) is 5.32 Å². The van der Waals surface area contributed by atoms with Crippen LogP contribution in [0.5, 0.6) is 17.2 Å². The van der Waals surface area contributed by atoms with Crippen molar-refractivity contribution in [3.05, 3.63) is 53.6 Å². The molecule has 0 spiro atoms. The molecule has 0 heterocycles. The number of carbonyl (C=O) groups is 2. The maximum Gasteiger partial charge on any atom is 0.341 e. The SMILES string of the molecule is COc1ccc(OC)c(CC(=O)NCCc2ccc(OCC(=O)O)cc2)c1. The summed E-state index contributed by atoms with van der Waals surface area (Å²) in [5.41, 5.74) is 1.77. The number of carboxylic acid groups (broad SMARTS) is 1. The van der Waals surface area contributed by atoms with Crippen molar-refractivity contribution in [2.75, 3.05) is 27.4 Å². The number of methoxy groups -OCH3 is 2. The van der Waals surface area contributed by atoms with Crippen LogP contribution in [0.25, 0.3) is 0 Å². The summed E-state index contributed by atoms with van der Waals surface area (Å²) in [7, 11) is 3.14. The zero-order valence-corrected chi connectivity index (χ0v) is 15.4. The Balaban J connectivity index is 1.81. The first kappa shape index (κ1) is 20.1. The Labute approximate surface area is 157 Å². The molecule has 144 valence electrons. The minimum absolute atomic E-state index is 0.108.